The van der Waals surface area contributed by atoms with Crippen LogP contribution in [-0.4, -0.2) is 25.6 Å². The van der Waals surface area contributed by atoms with Crippen LogP contribution in [-0.2, 0) is 6.61 Å². The Hall–Kier alpha value is -2.08. The highest BCUT2D eigenvalue weighted by atomic mass is 16.4. The lowest BCUT2D eigenvalue weighted by atomic mass is 10.3. The zero-order chi connectivity index (χ0) is 11.0. The van der Waals surface area contributed by atoms with Crippen LogP contribution >= 0.6 is 0 Å². The van der Waals surface area contributed by atoms with Crippen LogP contribution in [0.25, 0.3) is 5.52 Å². The fraction of sp³-hybridized carbons (Fsp3) is 0.111. The molecule has 0 fully saturated rings. The summed E-state index contributed by atoms with van der Waals surface area (Å²) in [4.78, 5) is 14.7. The van der Waals surface area contributed by atoms with Gasteiger partial charge >= 0.3 is 5.97 Å². The number of rotatable bonds is 2. The highest BCUT2D eigenvalue weighted by Crippen LogP contribution is 2.17. The number of anilines is 1. The maximum absolute atomic E-state index is 10.9. The molecule has 0 radical (unpaired) electrons. The lowest BCUT2D eigenvalue weighted by Crippen LogP contribution is -2.00. The van der Waals surface area contributed by atoms with Crippen molar-refractivity contribution in [1.29, 1.82) is 0 Å². The molecule has 0 aliphatic rings. The highest BCUT2D eigenvalue weighted by Gasteiger charge is 2.16. The molecule has 4 N–H and O–H groups in total. The van der Waals surface area contributed by atoms with E-state index in [1.54, 1.807) is 18.2 Å². The minimum absolute atomic E-state index is 0.105. The third kappa shape index (κ3) is 1.31. The molecule has 0 saturated carbocycles. The first-order valence-electron chi connectivity index (χ1n) is 4.25. The van der Waals surface area contributed by atoms with Crippen molar-refractivity contribution >= 4 is 17.3 Å². The smallest absolute Gasteiger partial charge is 0.356 e. The number of carboxylic acid groups (broad SMARTS) is 1. The molecule has 6 heteroatoms. The van der Waals surface area contributed by atoms with Crippen molar-refractivity contribution in [3.05, 3.63) is 29.7 Å². The fourth-order valence-electron chi connectivity index (χ4n) is 1.50. The Kier molecular flexibility index (Phi) is 2.05. The van der Waals surface area contributed by atoms with Gasteiger partial charge in [-0.3, -0.25) is 4.40 Å². The number of nitrogen functional groups attached to an aromatic ring is 1. The van der Waals surface area contributed by atoms with E-state index in [-0.39, 0.29) is 18.1 Å². The van der Waals surface area contributed by atoms with Crippen LogP contribution in [0.1, 0.15) is 16.3 Å². The molecule has 0 bridgehead atoms. The second-order valence-electron chi connectivity index (χ2n) is 3.01. The maximum Gasteiger partial charge on any atom is 0.356 e. The van der Waals surface area contributed by atoms with Gasteiger partial charge < -0.3 is 15.9 Å². The number of hydrogen-bond donors (Lipinski definition) is 3. The van der Waals surface area contributed by atoms with Crippen LogP contribution in [0.4, 0.5) is 5.82 Å². The van der Waals surface area contributed by atoms with E-state index in [2.05, 4.69) is 4.98 Å². The van der Waals surface area contributed by atoms with Crippen LogP contribution in [0.2, 0.25) is 0 Å². The number of aromatic nitrogens is 2. The number of aliphatic hydroxyl groups is 1. The van der Waals surface area contributed by atoms with Gasteiger partial charge in [-0.1, -0.05) is 6.07 Å². The second-order valence-corrected chi connectivity index (χ2v) is 3.01. The molecule has 0 spiro atoms. The SMILES string of the molecule is Nc1cccc2c(C(=O)O)nc(CO)n12. The molecule has 0 atom stereocenters. The van der Waals surface area contributed by atoms with Gasteiger partial charge in [0.2, 0.25) is 0 Å². The molecule has 6 nitrogen and oxygen atoms in total. The molecule has 0 aliphatic heterocycles. The van der Waals surface area contributed by atoms with Gasteiger partial charge in [-0.2, -0.15) is 0 Å². The number of fused-ring (bicyclic) bond motifs is 1. The Labute approximate surface area is 84.6 Å². The summed E-state index contributed by atoms with van der Waals surface area (Å²) in [6.07, 6.45) is 0. The first-order chi connectivity index (χ1) is 7.15. The third-order valence-electron chi connectivity index (χ3n) is 2.11. The van der Waals surface area contributed by atoms with E-state index in [1.165, 1.54) is 4.40 Å². The predicted octanol–water partition coefficient (Wildman–Crippen LogP) is 0.107. The summed E-state index contributed by atoms with van der Waals surface area (Å²) in [6.45, 7) is -0.358. The van der Waals surface area contributed by atoms with E-state index in [4.69, 9.17) is 15.9 Å². The standard InChI is InChI=1S/C9H9N3O3/c10-6-3-1-2-5-8(9(14)15)11-7(4-13)12(5)6/h1-3,13H,4,10H2,(H,14,15). The average molecular weight is 207 g/mol. The molecule has 0 aromatic carbocycles. The molecule has 2 heterocycles. The Morgan fingerprint density at radius 3 is 2.87 bits per heavy atom. The molecule has 0 aliphatic carbocycles. The van der Waals surface area contributed by atoms with Crippen molar-refractivity contribution in [2.45, 2.75) is 6.61 Å². The van der Waals surface area contributed by atoms with Crippen LogP contribution in [0.3, 0.4) is 0 Å². The number of aromatic carboxylic acids is 1. The van der Waals surface area contributed by atoms with E-state index < -0.39 is 5.97 Å². The number of nitrogens with two attached hydrogens (primary N) is 1. The van der Waals surface area contributed by atoms with E-state index in [1.807, 2.05) is 0 Å². The van der Waals surface area contributed by atoms with E-state index in [9.17, 15) is 4.79 Å². The van der Waals surface area contributed by atoms with Crippen molar-refractivity contribution < 1.29 is 15.0 Å². The summed E-state index contributed by atoms with van der Waals surface area (Å²) >= 11 is 0. The van der Waals surface area contributed by atoms with Gasteiger partial charge in [-0.05, 0) is 12.1 Å². The molecule has 2 aromatic heterocycles. The number of imidazole rings is 1. The molecular formula is C9H9N3O3. The average Bonchev–Trinajstić information content (AvgIpc) is 2.58. The van der Waals surface area contributed by atoms with Crippen molar-refractivity contribution in [3.63, 3.8) is 0 Å². The monoisotopic (exact) mass is 207 g/mol. The van der Waals surface area contributed by atoms with Crippen LogP contribution in [0, 0.1) is 0 Å². The highest BCUT2D eigenvalue weighted by molar-refractivity contribution is 5.94. The lowest BCUT2D eigenvalue weighted by Gasteiger charge is -2.01. The van der Waals surface area contributed by atoms with Gasteiger partial charge in [0, 0.05) is 0 Å². The number of carboxylic acids is 1. The topological polar surface area (TPSA) is 101 Å². The first kappa shape index (κ1) is 9.47. The molecule has 0 unspecified atom stereocenters. The summed E-state index contributed by atoms with van der Waals surface area (Å²) in [5.74, 6) is -0.574. The maximum atomic E-state index is 10.9. The van der Waals surface area contributed by atoms with E-state index in [0.29, 0.717) is 11.3 Å². The predicted molar refractivity (Wildman–Crippen MR) is 52.5 cm³/mol. The molecule has 2 aromatic rings. The Morgan fingerprint density at radius 2 is 2.27 bits per heavy atom. The summed E-state index contributed by atoms with van der Waals surface area (Å²) in [6, 6.07) is 4.84. The zero-order valence-electron chi connectivity index (χ0n) is 7.71. The van der Waals surface area contributed by atoms with Crippen molar-refractivity contribution in [3.8, 4) is 0 Å². The zero-order valence-corrected chi connectivity index (χ0v) is 7.71. The normalized spacial score (nSPS) is 10.7. The Bertz CT molecular complexity index is 533. The summed E-state index contributed by atoms with van der Waals surface area (Å²) < 4.78 is 1.42. The third-order valence-corrected chi connectivity index (χ3v) is 2.11. The minimum Gasteiger partial charge on any atom is -0.476 e. The van der Waals surface area contributed by atoms with Crippen LogP contribution in [0.15, 0.2) is 18.2 Å². The summed E-state index contributed by atoms with van der Waals surface area (Å²) in [5.41, 5.74) is 5.94. The molecule has 78 valence electrons. The second kappa shape index (κ2) is 3.25. The Morgan fingerprint density at radius 1 is 1.53 bits per heavy atom. The summed E-state index contributed by atoms with van der Waals surface area (Å²) in [7, 11) is 0. The number of aliphatic hydroxyl groups excluding tert-OH is 1. The van der Waals surface area contributed by atoms with Crippen molar-refractivity contribution in [1.82, 2.24) is 9.38 Å². The Balaban J connectivity index is 2.87. The quantitative estimate of drug-likeness (QED) is 0.648. The van der Waals surface area contributed by atoms with Gasteiger partial charge in [0.25, 0.3) is 0 Å². The number of nitrogens with zero attached hydrogens (tertiary/aromatic N) is 2. The molecule has 2 rings (SSSR count). The largest absolute Gasteiger partial charge is 0.476 e. The van der Waals surface area contributed by atoms with Gasteiger partial charge in [-0.25, -0.2) is 9.78 Å². The molecule has 0 amide bonds. The molecular weight excluding hydrogens is 198 g/mol. The first-order valence-corrected chi connectivity index (χ1v) is 4.25. The van der Waals surface area contributed by atoms with Gasteiger partial charge in [0.15, 0.2) is 5.69 Å². The van der Waals surface area contributed by atoms with E-state index >= 15 is 0 Å². The number of hydrogen-bond acceptors (Lipinski definition) is 4. The molecule has 0 saturated heterocycles. The number of pyridine rings is 1. The summed E-state index contributed by atoms with van der Waals surface area (Å²) in [5, 5.41) is 17.9. The van der Waals surface area contributed by atoms with Crippen molar-refractivity contribution in [2.24, 2.45) is 0 Å². The van der Waals surface area contributed by atoms with Gasteiger partial charge in [-0.15, -0.1) is 0 Å². The lowest BCUT2D eigenvalue weighted by molar-refractivity contribution is 0.0693. The number of carbonyl (C=O) groups is 1. The fourth-order valence-corrected chi connectivity index (χ4v) is 1.50. The van der Waals surface area contributed by atoms with E-state index in [0.717, 1.165) is 0 Å². The van der Waals surface area contributed by atoms with Crippen LogP contribution in [0.5, 0.6) is 0 Å². The van der Waals surface area contributed by atoms with Gasteiger partial charge in [0.05, 0.1) is 5.52 Å². The van der Waals surface area contributed by atoms with Crippen LogP contribution < -0.4 is 5.73 Å². The van der Waals surface area contributed by atoms with Crippen molar-refractivity contribution in [2.75, 3.05) is 5.73 Å². The van der Waals surface area contributed by atoms with Gasteiger partial charge in [0.1, 0.15) is 18.2 Å². The minimum atomic E-state index is -1.14. The molecule has 15 heavy (non-hydrogen) atoms.